The third kappa shape index (κ3) is 3.76. The largest absolute Gasteiger partial charge is 0.481 e. The van der Waals surface area contributed by atoms with Crippen molar-refractivity contribution < 1.29 is 23.8 Å². The van der Waals surface area contributed by atoms with Crippen molar-refractivity contribution in [1.29, 1.82) is 0 Å². The first kappa shape index (κ1) is 14.0. The van der Waals surface area contributed by atoms with Crippen LogP contribution < -0.4 is 0 Å². The zero-order valence-electron chi connectivity index (χ0n) is 10.4. The zero-order chi connectivity index (χ0) is 13.5. The normalized spacial score (nSPS) is 11.3. The molecule has 0 aromatic carbocycles. The van der Waals surface area contributed by atoms with Gasteiger partial charge in [-0.05, 0) is 19.1 Å². The number of rotatable bonds is 6. The highest BCUT2D eigenvalue weighted by Gasteiger charge is 2.17. The molecule has 1 heterocycles. The minimum atomic E-state index is -1.01. The molecule has 0 atom stereocenters. The Morgan fingerprint density at radius 1 is 1.39 bits per heavy atom. The quantitative estimate of drug-likeness (QED) is 0.620. The topological polar surface area (TPSA) is 76.7 Å². The molecule has 0 amide bonds. The second kappa shape index (κ2) is 6.64. The Hall–Kier alpha value is -2.04. The number of carbonyl (C=O) groups is 2. The van der Waals surface area contributed by atoms with E-state index in [1.165, 1.54) is 6.08 Å². The van der Waals surface area contributed by atoms with E-state index in [1.54, 1.807) is 19.1 Å². The summed E-state index contributed by atoms with van der Waals surface area (Å²) in [6, 6.07) is 3.40. The van der Waals surface area contributed by atoms with Crippen LogP contribution in [0.4, 0.5) is 0 Å². The van der Waals surface area contributed by atoms with Crippen molar-refractivity contribution >= 4 is 17.5 Å². The summed E-state index contributed by atoms with van der Waals surface area (Å²) in [4.78, 5) is 22.3. The molecule has 1 rings (SSSR count). The van der Waals surface area contributed by atoms with E-state index in [9.17, 15) is 9.59 Å². The van der Waals surface area contributed by atoms with Crippen molar-refractivity contribution in [3.8, 4) is 0 Å². The van der Waals surface area contributed by atoms with Gasteiger partial charge in [-0.2, -0.15) is 0 Å². The summed E-state index contributed by atoms with van der Waals surface area (Å²) in [6.07, 6.45) is 1.75. The summed E-state index contributed by atoms with van der Waals surface area (Å²) in [6.45, 7) is 3.84. The molecule has 98 valence electrons. The van der Waals surface area contributed by atoms with Crippen LogP contribution in [0.3, 0.4) is 0 Å². The molecule has 5 nitrogen and oxygen atoms in total. The maximum Gasteiger partial charge on any atom is 0.341 e. The number of aryl methyl sites for hydroxylation is 1. The van der Waals surface area contributed by atoms with Crippen LogP contribution in [0.1, 0.15) is 31.8 Å². The molecular formula is C13H16O5. The molecule has 1 N–H and O–H groups in total. The number of hydrogen-bond acceptors (Lipinski definition) is 4. The summed E-state index contributed by atoms with van der Waals surface area (Å²) < 4.78 is 10.3. The summed E-state index contributed by atoms with van der Waals surface area (Å²) in [7, 11) is 0. The van der Waals surface area contributed by atoms with E-state index in [0.717, 1.165) is 5.76 Å². The van der Waals surface area contributed by atoms with Crippen LogP contribution in [0, 0.1) is 0 Å². The third-order valence-corrected chi connectivity index (χ3v) is 2.25. The minimum Gasteiger partial charge on any atom is -0.481 e. The number of aliphatic carboxylic acids is 1. The van der Waals surface area contributed by atoms with Gasteiger partial charge in [0, 0.05) is 6.42 Å². The summed E-state index contributed by atoms with van der Waals surface area (Å²) in [5, 5.41) is 8.65. The van der Waals surface area contributed by atoms with Crippen LogP contribution in [-0.2, 0) is 20.7 Å². The van der Waals surface area contributed by atoms with Crippen molar-refractivity contribution in [3.63, 3.8) is 0 Å². The van der Waals surface area contributed by atoms with E-state index in [0.29, 0.717) is 12.2 Å². The molecule has 0 unspecified atom stereocenters. The Balaban J connectivity index is 2.99. The first-order valence-electron chi connectivity index (χ1n) is 5.76. The molecule has 1 aromatic rings. The molecule has 5 heteroatoms. The van der Waals surface area contributed by atoms with Gasteiger partial charge in [-0.3, -0.25) is 4.79 Å². The van der Waals surface area contributed by atoms with E-state index in [4.69, 9.17) is 14.3 Å². The third-order valence-electron chi connectivity index (χ3n) is 2.25. The van der Waals surface area contributed by atoms with Gasteiger partial charge in [0.2, 0.25) is 0 Å². The summed E-state index contributed by atoms with van der Waals surface area (Å²) in [5.41, 5.74) is 0.152. The number of furan rings is 1. The van der Waals surface area contributed by atoms with E-state index < -0.39 is 11.9 Å². The Kier molecular flexibility index (Phi) is 5.17. The molecule has 0 bridgehead atoms. The highest BCUT2D eigenvalue weighted by molar-refractivity contribution is 6.15. The Labute approximate surface area is 105 Å². The number of esters is 1. The predicted octanol–water partition coefficient (Wildman–Crippen LogP) is 2.26. The van der Waals surface area contributed by atoms with Crippen molar-refractivity contribution in [2.75, 3.05) is 6.61 Å². The molecule has 0 aliphatic carbocycles. The molecule has 0 saturated heterocycles. The van der Waals surface area contributed by atoms with Gasteiger partial charge in [0.15, 0.2) is 0 Å². The summed E-state index contributed by atoms with van der Waals surface area (Å²) >= 11 is 0. The van der Waals surface area contributed by atoms with Crippen molar-refractivity contribution in [1.82, 2.24) is 0 Å². The van der Waals surface area contributed by atoms with Crippen molar-refractivity contribution in [2.24, 2.45) is 0 Å². The van der Waals surface area contributed by atoms with Crippen molar-refractivity contribution in [2.45, 2.75) is 26.7 Å². The van der Waals surface area contributed by atoms with Crippen LogP contribution in [0.25, 0.3) is 5.57 Å². The lowest BCUT2D eigenvalue weighted by atomic mass is 10.1. The maximum absolute atomic E-state index is 11.7. The molecule has 18 heavy (non-hydrogen) atoms. The van der Waals surface area contributed by atoms with Gasteiger partial charge in [0.05, 0.1) is 18.6 Å². The fourth-order valence-corrected chi connectivity index (χ4v) is 1.40. The van der Waals surface area contributed by atoms with Crippen LogP contribution in [0.5, 0.6) is 0 Å². The van der Waals surface area contributed by atoms with Gasteiger partial charge >= 0.3 is 11.9 Å². The van der Waals surface area contributed by atoms with Crippen LogP contribution in [-0.4, -0.2) is 23.7 Å². The van der Waals surface area contributed by atoms with Gasteiger partial charge in [-0.1, -0.05) is 13.0 Å². The van der Waals surface area contributed by atoms with Gasteiger partial charge in [0.1, 0.15) is 11.5 Å². The highest BCUT2D eigenvalue weighted by atomic mass is 16.5. The highest BCUT2D eigenvalue weighted by Crippen LogP contribution is 2.20. The van der Waals surface area contributed by atoms with Gasteiger partial charge in [-0.15, -0.1) is 0 Å². The SMILES string of the molecule is CCOC(=O)C(=CCC(=O)O)c1ccc(CC)o1. The van der Waals surface area contributed by atoms with Crippen LogP contribution in [0.15, 0.2) is 22.6 Å². The van der Waals surface area contributed by atoms with E-state index in [2.05, 4.69) is 0 Å². The smallest absolute Gasteiger partial charge is 0.341 e. The monoisotopic (exact) mass is 252 g/mol. The fraction of sp³-hybridized carbons (Fsp3) is 0.385. The lowest BCUT2D eigenvalue weighted by Crippen LogP contribution is -2.07. The molecular weight excluding hydrogens is 236 g/mol. The molecule has 0 aliphatic heterocycles. The second-order valence-electron chi connectivity index (χ2n) is 3.56. The first-order valence-corrected chi connectivity index (χ1v) is 5.76. The maximum atomic E-state index is 11.7. The molecule has 1 aromatic heterocycles. The zero-order valence-corrected chi connectivity index (χ0v) is 10.4. The minimum absolute atomic E-state index is 0.152. The molecule has 0 saturated carbocycles. The lowest BCUT2D eigenvalue weighted by molar-refractivity contribution is -0.136. The lowest BCUT2D eigenvalue weighted by Gasteiger charge is -2.04. The van der Waals surface area contributed by atoms with Gasteiger partial charge in [0.25, 0.3) is 0 Å². The first-order chi connectivity index (χ1) is 8.58. The molecule has 0 spiro atoms. The van der Waals surface area contributed by atoms with E-state index in [-0.39, 0.29) is 18.6 Å². The number of carboxylic acids is 1. The Morgan fingerprint density at radius 2 is 2.11 bits per heavy atom. The number of hydrogen-bond donors (Lipinski definition) is 1. The average molecular weight is 252 g/mol. The van der Waals surface area contributed by atoms with Crippen LogP contribution in [0.2, 0.25) is 0 Å². The molecule has 0 radical (unpaired) electrons. The predicted molar refractivity (Wildman–Crippen MR) is 64.9 cm³/mol. The van der Waals surface area contributed by atoms with E-state index in [1.807, 2.05) is 6.92 Å². The summed E-state index contributed by atoms with van der Waals surface area (Å²) in [5.74, 6) is -0.517. The molecule has 0 aliphatic rings. The molecule has 0 fully saturated rings. The number of carboxylic acid groups (broad SMARTS) is 1. The number of ether oxygens (including phenoxy) is 1. The standard InChI is InChI=1S/C13H16O5/c1-3-9-5-7-11(18-9)10(6-8-12(14)15)13(16)17-4-2/h5-7H,3-4,8H2,1-2H3,(H,14,15). The van der Waals surface area contributed by atoms with E-state index >= 15 is 0 Å². The fourth-order valence-electron chi connectivity index (χ4n) is 1.40. The second-order valence-corrected chi connectivity index (χ2v) is 3.56. The van der Waals surface area contributed by atoms with Crippen molar-refractivity contribution in [3.05, 3.63) is 29.7 Å². The Bertz CT molecular complexity index is 456. The average Bonchev–Trinajstić information content (AvgIpc) is 2.78. The van der Waals surface area contributed by atoms with Gasteiger partial charge < -0.3 is 14.3 Å². The van der Waals surface area contributed by atoms with Crippen LogP contribution >= 0.6 is 0 Å². The van der Waals surface area contributed by atoms with Gasteiger partial charge in [-0.25, -0.2) is 4.79 Å². The Morgan fingerprint density at radius 3 is 2.61 bits per heavy atom. The number of carbonyl (C=O) groups excluding carboxylic acids is 1.